The smallest absolute Gasteiger partial charge is 0.347 e. The fourth-order valence-electron chi connectivity index (χ4n) is 3.58. The van der Waals surface area contributed by atoms with Gasteiger partial charge in [-0.25, -0.2) is 4.79 Å². The molecular formula is C26H17BrO3S. The van der Waals surface area contributed by atoms with Crippen LogP contribution >= 0.6 is 27.7 Å². The Morgan fingerprint density at radius 2 is 1.55 bits per heavy atom. The highest BCUT2D eigenvalue weighted by Crippen LogP contribution is 2.39. The number of thioether (sulfide) groups is 1. The number of benzene rings is 3. The highest BCUT2D eigenvalue weighted by molar-refractivity contribution is 9.10. The summed E-state index contributed by atoms with van der Waals surface area (Å²) >= 11 is 5.17. The second kappa shape index (κ2) is 8.25. The van der Waals surface area contributed by atoms with Crippen LogP contribution in [0.2, 0.25) is 0 Å². The molecule has 3 aromatic carbocycles. The van der Waals surface area contributed by atoms with Crippen molar-refractivity contribution < 1.29 is 8.83 Å². The van der Waals surface area contributed by atoms with Crippen LogP contribution in [0.1, 0.15) is 0 Å². The summed E-state index contributed by atoms with van der Waals surface area (Å²) in [7, 11) is 0. The van der Waals surface area contributed by atoms with E-state index in [9.17, 15) is 4.79 Å². The predicted octanol–water partition coefficient (Wildman–Crippen LogP) is 7.87. The first-order valence-electron chi connectivity index (χ1n) is 9.70. The molecule has 5 aromatic rings. The lowest BCUT2D eigenvalue weighted by molar-refractivity contribution is 0.551. The van der Waals surface area contributed by atoms with Gasteiger partial charge in [0.05, 0.1) is 0 Å². The Labute approximate surface area is 191 Å². The molecular weight excluding hydrogens is 472 g/mol. The normalized spacial score (nSPS) is 11.2. The van der Waals surface area contributed by atoms with Crippen LogP contribution in [0.15, 0.2) is 108 Å². The fourth-order valence-corrected chi connectivity index (χ4v) is 4.37. The van der Waals surface area contributed by atoms with E-state index in [0.29, 0.717) is 16.9 Å². The Morgan fingerprint density at radius 3 is 2.29 bits per heavy atom. The SMILES string of the molecule is CSc1ccc(-c2cc(-c3cc4cc(Br)ccc4oc3=O)oc2-c2ccccc2)cc1. The van der Waals surface area contributed by atoms with Gasteiger partial charge in [-0.2, -0.15) is 0 Å². The summed E-state index contributed by atoms with van der Waals surface area (Å²) in [5.41, 5.74) is 3.43. The van der Waals surface area contributed by atoms with Crippen molar-refractivity contribution in [1.82, 2.24) is 0 Å². The molecule has 0 aliphatic carbocycles. The van der Waals surface area contributed by atoms with Crippen LogP contribution in [0.4, 0.5) is 0 Å². The summed E-state index contributed by atoms with van der Waals surface area (Å²) in [6.45, 7) is 0. The largest absolute Gasteiger partial charge is 0.455 e. The van der Waals surface area contributed by atoms with E-state index in [-0.39, 0.29) is 0 Å². The first-order valence-corrected chi connectivity index (χ1v) is 11.7. The minimum Gasteiger partial charge on any atom is -0.455 e. The predicted molar refractivity (Wildman–Crippen MR) is 131 cm³/mol. The van der Waals surface area contributed by atoms with Crippen molar-refractivity contribution in [2.45, 2.75) is 4.90 Å². The molecule has 0 radical (unpaired) electrons. The van der Waals surface area contributed by atoms with E-state index in [1.807, 2.05) is 54.6 Å². The van der Waals surface area contributed by atoms with E-state index >= 15 is 0 Å². The zero-order valence-corrected chi connectivity index (χ0v) is 19.0. The van der Waals surface area contributed by atoms with Gasteiger partial charge in [-0.05, 0) is 54.3 Å². The van der Waals surface area contributed by atoms with Gasteiger partial charge in [-0.3, -0.25) is 0 Å². The van der Waals surface area contributed by atoms with Crippen molar-refractivity contribution in [2.75, 3.05) is 6.26 Å². The molecule has 0 saturated heterocycles. The van der Waals surface area contributed by atoms with Crippen molar-refractivity contribution in [3.63, 3.8) is 0 Å². The summed E-state index contributed by atoms with van der Waals surface area (Å²) in [5, 5.41) is 0.826. The maximum Gasteiger partial charge on any atom is 0.347 e. The molecule has 0 spiro atoms. The van der Waals surface area contributed by atoms with Gasteiger partial charge in [0.15, 0.2) is 0 Å². The molecule has 0 saturated carbocycles. The van der Waals surface area contributed by atoms with Gasteiger partial charge in [0.2, 0.25) is 0 Å². The topological polar surface area (TPSA) is 43.4 Å². The second-order valence-corrected chi connectivity index (χ2v) is 8.87. The number of hydrogen-bond donors (Lipinski definition) is 0. The van der Waals surface area contributed by atoms with Gasteiger partial charge in [0, 0.05) is 25.9 Å². The van der Waals surface area contributed by atoms with Crippen molar-refractivity contribution in [2.24, 2.45) is 0 Å². The quantitative estimate of drug-likeness (QED) is 0.190. The van der Waals surface area contributed by atoms with Crippen molar-refractivity contribution >= 4 is 38.7 Å². The number of rotatable bonds is 4. The molecule has 31 heavy (non-hydrogen) atoms. The zero-order valence-electron chi connectivity index (χ0n) is 16.6. The van der Waals surface area contributed by atoms with Crippen molar-refractivity contribution in [1.29, 1.82) is 0 Å². The molecule has 152 valence electrons. The maximum absolute atomic E-state index is 12.8. The first-order chi connectivity index (χ1) is 15.1. The molecule has 0 atom stereocenters. The summed E-state index contributed by atoms with van der Waals surface area (Å²) in [5.74, 6) is 1.21. The summed E-state index contributed by atoms with van der Waals surface area (Å²) < 4.78 is 12.8. The van der Waals surface area contributed by atoms with E-state index in [4.69, 9.17) is 8.83 Å². The lowest BCUT2D eigenvalue weighted by Crippen LogP contribution is -2.01. The summed E-state index contributed by atoms with van der Waals surface area (Å²) in [4.78, 5) is 13.9. The van der Waals surface area contributed by atoms with E-state index in [2.05, 4.69) is 46.5 Å². The van der Waals surface area contributed by atoms with Gasteiger partial charge in [-0.1, -0.05) is 58.4 Å². The standard InChI is InChI=1S/C26H17BrO3S/c1-31-20-10-7-16(8-11-20)21-15-24(29-25(21)17-5-3-2-4-6-17)22-14-18-13-19(27)9-12-23(18)30-26(22)28/h2-15H,1H3. The molecule has 0 N–H and O–H groups in total. The van der Waals surface area contributed by atoms with Crippen molar-refractivity contribution in [3.8, 4) is 33.8 Å². The maximum atomic E-state index is 12.8. The Bertz CT molecular complexity index is 1430. The molecule has 3 nitrogen and oxygen atoms in total. The molecule has 0 amide bonds. The van der Waals surface area contributed by atoms with Crippen LogP contribution in [0.3, 0.4) is 0 Å². The lowest BCUT2D eigenvalue weighted by Gasteiger charge is -2.04. The second-order valence-electron chi connectivity index (χ2n) is 7.08. The minimum atomic E-state index is -0.424. The minimum absolute atomic E-state index is 0.398. The van der Waals surface area contributed by atoms with E-state index < -0.39 is 5.63 Å². The summed E-state index contributed by atoms with van der Waals surface area (Å²) in [6.07, 6.45) is 2.05. The van der Waals surface area contributed by atoms with E-state index in [0.717, 1.165) is 32.3 Å². The van der Waals surface area contributed by atoms with Crippen LogP contribution in [0, 0.1) is 0 Å². The number of furan rings is 1. The molecule has 2 aromatic heterocycles. The van der Waals surface area contributed by atoms with Gasteiger partial charge >= 0.3 is 5.63 Å². The fraction of sp³-hybridized carbons (Fsp3) is 0.0385. The average Bonchev–Trinajstić information content (AvgIpc) is 3.25. The van der Waals surface area contributed by atoms with Crippen LogP contribution in [0.5, 0.6) is 0 Å². The van der Waals surface area contributed by atoms with Crippen LogP contribution in [0.25, 0.3) is 44.7 Å². The zero-order chi connectivity index (χ0) is 21.4. The Kier molecular flexibility index (Phi) is 5.30. The van der Waals surface area contributed by atoms with Gasteiger partial charge in [0.1, 0.15) is 22.7 Å². The molecule has 0 bridgehead atoms. The highest BCUT2D eigenvalue weighted by Gasteiger charge is 2.19. The number of hydrogen-bond acceptors (Lipinski definition) is 4. The molecule has 0 unspecified atom stereocenters. The average molecular weight is 489 g/mol. The molecule has 5 heteroatoms. The third-order valence-electron chi connectivity index (χ3n) is 5.13. The Hall–Kier alpha value is -3.02. The number of fused-ring (bicyclic) bond motifs is 1. The molecule has 0 aliphatic rings. The molecule has 5 rings (SSSR count). The third kappa shape index (κ3) is 3.87. The molecule has 0 fully saturated rings. The van der Waals surface area contributed by atoms with Crippen LogP contribution in [-0.2, 0) is 0 Å². The Morgan fingerprint density at radius 1 is 0.774 bits per heavy atom. The van der Waals surface area contributed by atoms with Gasteiger partial charge < -0.3 is 8.83 Å². The lowest BCUT2D eigenvalue weighted by atomic mass is 10.0. The number of halogens is 1. The van der Waals surface area contributed by atoms with Crippen LogP contribution < -0.4 is 5.63 Å². The molecule has 2 heterocycles. The highest BCUT2D eigenvalue weighted by atomic mass is 79.9. The Balaban J connectivity index is 1.72. The summed E-state index contributed by atoms with van der Waals surface area (Å²) in [6, 6.07) is 27.5. The van der Waals surface area contributed by atoms with Gasteiger partial charge in [0.25, 0.3) is 0 Å². The van der Waals surface area contributed by atoms with Crippen LogP contribution in [-0.4, -0.2) is 6.26 Å². The van der Waals surface area contributed by atoms with Gasteiger partial charge in [-0.15, -0.1) is 11.8 Å². The monoisotopic (exact) mass is 488 g/mol. The third-order valence-corrected chi connectivity index (χ3v) is 6.37. The van der Waals surface area contributed by atoms with Crippen molar-refractivity contribution in [3.05, 3.63) is 99.8 Å². The molecule has 0 aliphatic heterocycles. The van der Waals surface area contributed by atoms with E-state index in [1.165, 1.54) is 4.90 Å². The van der Waals surface area contributed by atoms with E-state index in [1.54, 1.807) is 17.8 Å². The first kappa shape index (κ1) is 19.9.